The van der Waals surface area contributed by atoms with E-state index in [1.165, 1.54) is 0 Å². The van der Waals surface area contributed by atoms with Gasteiger partial charge in [0.2, 0.25) is 23.5 Å². The van der Waals surface area contributed by atoms with Gasteiger partial charge >= 0.3 is 0 Å². The standard InChI is InChI=1S/C21H18BrN5O3/c22-16-4-1-5-17(8-16)27-12-14(7-18(27)28)21(29)26-10-15(11-26)20-24-19(25-30-20)13-3-2-6-23-9-13/h1-6,8-9,14-15H,7,10-12H2. The highest BCUT2D eigenvalue weighted by Gasteiger charge is 2.42. The molecule has 2 saturated heterocycles. The second kappa shape index (κ2) is 7.64. The zero-order valence-corrected chi connectivity index (χ0v) is 17.5. The minimum atomic E-state index is -0.328. The summed E-state index contributed by atoms with van der Waals surface area (Å²) in [6.07, 6.45) is 3.60. The average Bonchev–Trinajstić information content (AvgIpc) is 3.35. The number of carbonyl (C=O) groups is 2. The fourth-order valence-corrected chi connectivity index (χ4v) is 4.24. The van der Waals surface area contributed by atoms with Gasteiger partial charge in [0, 0.05) is 54.2 Å². The monoisotopic (exact) mass is 467 g/mol. The van der Waals surface area contributed by atoms with Gasteiger partial charge in [0.25, 0.3) is 0 Å². The second-order valence-electron chi connectivity index (χ2n) is 7.52. The number of rotatable bonds is 4. The van der Waals surface area contributed by atoms with Crippen molar-refractivity contribution >= 4 is 33.4 Å². The summed E-state index contributed by atoms with van der Waals surface area (Å²) in [7, 11) is 0. The number of hydrogen-bond donors (Lipinski definition) is 0. The molecule has 1 unspecified atom stereocenters. The van der Waals surface area contributed by atoms with E-state index in [2.05, 4.69) is 31.1 Å². The van der Waals surface area contributed by atoms with Crippen molar-refractivity contribution in [3.8, 4) is 11.4 Å². The quantitative estimate of drug-likeness (QED) is 0.585. The Hall–Kier alpha value is -3.07. The Balaban J connectivity index is 1.20. The second-order valence-corrected chi connectivity index (χ2v) is 8.44. The van der Waals surface area contributed by atoms with E-state index in [0.29, 0.717) is 31.3 Å². The normalized spacial score (nSPS) is 19.2. The van der Waals surface area contributed by atoms with Gasteiger partial charge in [-0.2, -0.15) is 4.98 Å². The molecule has 152 valence electrons. The van der Waals surface area contributed by atoms with Crippen LogP contribution in [0.15, 0.2) is 57.8 Å². The number of anilines is 1. The number of pyridine rings is 1. The molecule has 30 heavy (non-hydrogen) atoms. The zero-order valence-electron chi connectivity index (χ0n) is 15.9. The van der Waals surface area contributed by atoms with E-state index in [1.54, 1.807) is 22.2 Å². The van der Waals surface area contributed by atoms with Gasteiger partial charge in [0.15, 0.2) is 0 Å². The van der Waals surface area contributed by atoms with Crippen molar-refractivity contribution in [1.82, 2.24) is 20.0 Å². The summed E-state index contributed by atoms with van der Waals surface area (Å²) in [5.74, 6) is 0.687. The van der Waals surface area contributed by atoms with Gasteiger partial charge in [-0.15, -0.1) is 0 Å². The lowest BCUT2D eigenvalue weighted by Gasteiger charge is -2.38. The maximum absolute atomic E-state index is 12.9. The number of likely N-dealkylation sites (tertiary alicyclic amines) is 1. The van der Waals surface area contributed by atoms with Crippen molar-refractivity contribution in [3.63, 3.8) is 0 Å². The van der Waals surface area contributed by atoms with Gasteiger partial charge in [-0.3, -0.25) is 14.6 Å². The first-order chi connectivity index (χ1) is 14.6. The molecule has 3 aromatic rings. The molecule has 9 heteroatoms. The maximum Gasteiger partial charge on any atom is 0.233 e. The van der Waals surface area contributed by atoms with E-state index in [1.807, 2.05) is 36.4 Å². The van der Waals surface area contributed by atoms with Crippen LogP contribution in [0.4, 0.5) is 5.69 Å². The highest BCUT2D eigenvalue weighted by atomic mass is 79.9. The Bertz CT molecular complexity index is 1100. The van der Waals surface area contributed by atoms with Crippen LogP contribution in [0.5, 0.6) is 0 Å². The molecular formula is C21H18BrN5O3. The molecule has 1 aromatic carbocycles. The first-order valence-electron chi connectivity index (χ1n) is 9.67. The largest absolute Gasteiger partial charge is 0.341 e. The summed E-state index contributed by atoms with van der Waals surface area (Å²) >= 11 is 3.43. The molecule has 5 rings (SSSR count). The summed E-state index contributed by atoms with van der Waals surface area (Å²) in [4.78, 5) is 37.3. The summed E-state index contributed by atoms with van der Waals surface area (Å²) in [5, 5.41) is 4.01. The van der Waals surface area contributed by atoms with E-state index in [-0.39, 0.29) is 30.1 Å². The minimum absolute atomic E-state index is 0.00379. The van der Waals surface area contributed by atoms with Crippen LogP contribution in [0.3, 0.4) is 0 Å². The molecule has 4 heterocycles. The third-order valence-corrected chi connectivity index (χ3v) is 5.99. The zero-order chi connectivity index (χ0) is 20.7. The summed E-state index contributed by atoms with van der Waals surface area (Å²) < 4.78 is 6.29. The number of nitrogens with zero attached hydrogens (tertiary/aromatic N) is 5. The maximum atomic E-state index is 12.9. The van der Waals surface area contributed by atoms with Crippen molar-refractivity contribution in [2.24, 2.45) is 5.92 Å². The third kappa shape index (κ3) is 3.49. The lowest BCUT2D eigenvalue weighted by molar-refractivity contribution is -0.140. The molecule has 0 spiro atoms. The van der Waals surface area contributed by atoms with E-state index < -0.39 is 0 Å². The molecule has 0 bridgehead atoms. The van der Waals surface area contributed by atoms with E-state index >= 15 is 0 Å². The molecule has 1 atom stereocenters. The minimum Gasteiger partial charge on any atom is -0.341 e. The number of halogens is 1. The molecule has 0 N–H and O–H groups in total. The molecule has 0 radical (unpaired) electrons. The summed E-state index contributed by atoms with van der Waals surface area (Å²) in [5.41, 5.74) is 1.59. The van der Waals surface area contributed by atoms with Gasteiger partial charge in [0.1, 0.15) is 0 Å². The fourth-order valence-electron chi connectivity index (χ4n) is 3.85. The van der Waals surface area contributed by atoms with Gasteiger partial charge in [-0.1, -0.05) is 27.2 Å². The third-order valence-electron chi connectivity index (χ3n) is 5.50. The van der Waals surface area contributed by atoms with Gasteiger partial charge < -0.3 is 14.3 Å². The van der Waals surface area contributed by atoms with Crippen molar-refractivity contribution in [1.29, 1.82) is 0 Å². The molecule has 0 aliphatic carbocycles. The van der Waals surface area contributed by atoms with Crippen LogP contribution in [0.1, 0.15) is 18.2 Å². The predicted molar refractivity (Wildman–Crippen MR) is 111 cm³/mol. The van der Waals surface area contributed by atoms with Crippen LogP contribution in [0.2, 0.25) is 0 Å². The Kier molecular flexibility index (Phi) is 4.82. The fraction of sp³-hybridized carbons (Fsp3) is 0.286. The highest BCUT2D eigenvalue weighted by molar-refractivity contribution is 9.10. The van der Waals surface area contributed by atoms with Gasteiger partial charge in [-0.05, 0) is 30.3 Å². The molecular weight excluding hydrogens is 450 g/mol. The van der Waals surface area contributed by atoms with Crippen molar-refractivity contribution in [2.45, 2.75) is 12.3 Å². The smallest absolute Gasteiger partial charge is 0.233 e. The Labute approximate surface area is 181 Å². The van der Waals surface area contributed by atoms with Crippen molar-refractivity contribution < 1.29 is 14.1 Å². The summed E-state index contributed by atoms with van der Waals surface area (Å²) in [6, 6.07) is 11.2. The van der Waals surface area contributed by atoms with Crippen LogP contribution in [-0.2, 0) is 9.59 Å². The first kappa shape index (κ1) is 18.9. The number of aromatic nitrogens is 3. The van der Waals surface area contributed by atoms with E-state index in [9.17, 15) is 9.59 Å². The number of benzene rings is 1. The van der Waals surface area contributed by atoms with Gasteiger partial charge in [0.05, 0.1) is 11.8 Å². The molecule has 2 aliphatic heterocycles. The first-order valence-corrected chi connectivity index (χ1v) is 10.5. The van der Waals surface area contributed by atoms with Crippen LogP contribution in [-0.4, -0.2) is 51.5 Å². The van der Waals surface area contributed by atoms with Crippen molar-refractivity contribution in [3.05, 3.63) is 59.2 Å². The number of carbonyl (C=O) groups excluding carboxylic acids is 2. The lowest BCUT2D eigenvalue weighted by Crippen LogP contribution is -2.51. The molecule has 2 fully saturated rings. The SMILES string of the molecule is O=C(C1CC(=O)N(c2cccc(Br)c2)C1)N1CC(c2nc(-c3cccnc3)no2)C1. The molecule has 2 amide bonds. The Morgan fingerprint density at radius 2 is 2.03 bits per heavy atom. The topological polar surface area (TPSA) is 92.4 Å². The van der Waals surface area contributed by atoms with Crippen LogP contribution >= 0.6 is 15.9 Å². The molecule has 2 aliphatic rings. The molecule has 8 nitrogen and oxygen atoms in total. The van der Waals surface area contributed by atoms with Gasteiger partial charge in [-0.25, -0.2) is 0 Å². The van der Waals surface area contributed by atoms with E-state index in [4.69, 9.17) is 4.52 Å². The van der Waals surface area contributed by atoms with Crippen LogP contribution in [0, 0.1) is 5.92 Å². The Morgan fingerprint density at radius 3 is 2.80 bits per heavy atom. The Morgan fingerprint density at radius 1 is 1.17 bits per heavy atom. The highest BCUT2D eigenvalue weighted by Crippen LogP contribution is 2.32. The van der Waals surface area contributed by atoms with Crippen LogP contribution < -0.4 is 4.90 Å². The average molecular weight is 468 g/mol. The number of amides is 2. The summed E-state index contributed by atoms with van der Waals surface area (Å²) in [6.45, 7) is 1.45. The lowest BCUT2D eigenvalue weighted by atomic mass is 9.96. The molecule has 0 saturated carbocycles. The predicted octanol–water partition coefficient (Wildman–Crippen LogP) is 2.87. The van der Waals surface area contributed by atoms with Crippen molar-refractivity contribution in [2.75, 3.05) is 24.5 Å². The molecule has 2 aromatic heterocycles. The number of hydrogen-bond acceptors (Lipinski definition) is 6. The van der Waals surface area contributed by atoms with E-state index in [0.717, 1.165) is 15.7 Å². The van der Waals surface area contributed by atoms with Crippen LogP contribution in [0.25, 0.3) is 11.4 Å².